The van der Waals surface area contributed by atoms with Crippen molar-refractivity contribution in [1.29, 1.82) is 0 Å². The summed E-state index contributed by atoms with van der Waals surface area (Å²) in [5.41, 5.74) is 1.63. The van der Waals surface area contributed by atoms with E-state index in [1.54, 1.807) is 19.2 Å². The number of nitrogens with one attached hydrogen (secondary N) is 1. The van der Waals surface area contributed by atoms with Gasteiger partial charge in [-0.3, -0.25) is 9.59 Å². The van der Waals surface area contributed by atoms with Gasteiger partial charge in [-0.1, -0.05) is 54.6 Å². The minimum absolute atomic E-state index is 0.252. The molecule has 0 saturated carbocycles. The summed E-state index contributed by atoms with van der Waals surface area (Å²) in [7, 11) is 1.59. The molecule has 33 heavy (non-hydrogen) atoms. The Morgan fingerprint density at radius 3 is 1.97 bits per heavy atom. The van der Waals surface area contributed by atoms with E-state index in [2.05, 4.69) is 5.32 Å². The second-order valence-corrected chi connectivity index (χ2v) is 7.54. The second-order valence-electron chi connectivity index (χ2n) is 7.54. The van der Waals surface area contributed by atoms with E-state index in [0.29, 0.717) is 17.7 Å². The third-order valence-electron chi connectivity index (χ3n) is 5.12. The molecule has 0 saturated heterocycles. The minimum atomic E-state index is -4.41. The molecule has 172 valence electrons. The van der Waals surface area contributed by atoms with Crippen LogP contribution in [0.4, 0.5) is 13.2 Å². The number of benzene rings is 3. The first-order valence-electron chi connectivity index (χ1n) is 10.2. The summed E-state index contributed by atoms with van der Waals surface area (Å²) in [5, 5.41) is 12.2. The summed E-state index contributed by atoms with van der Waals surface area (Å²) in [5.74, 6) is -0.981. The molecule has 3 aromatic carbocycles. The SMILES string of the molecule is CN(Cc1ccccc1)C(=O)C(CO)NC(=O)c1ccc(-c2ccc(C(F)(F)F)cc2)cc1. The first-order chi connectivity index (χ1) is 15.7. The number of halogens is 3. The summed E-state index contributed by atoms with van der Waals surface area (Å²) in [6.45, 7) is -0.235. The average Bonchev–Trinajstić information content (AvgIpc) is 2.82. The molecule has 1 atom stereocenters. The van der Waals surface area contributed by atoms with Gasteiger partial charge in [0.2, 0.25) is 5.91 Å². The smallest absolute Gasteiger partial charge is 0.394 e. The summed E-state index contributed by atoms with van der Waals surface area (Å²) in [4.78, 5) is 26.7. The number of aliphatic hydroxyl groups excluding tert-OH is 1. The highest BCUT2D eigenvalue weighted by Crippen LogP contribution is 2.31. The van der Waals surface area contributed by atoms with Crippen LogP contribution in [0, 0.1) is 0 Å². The van der Waals surface area contributed by atoms with Crippen LogP contribution in [0.25, 0.3) is 11.1 Å². The van der Waals surface area contributed by atoms with Crippen LogP contribution in [-0.4, -0.2) is 41.5 Å². The van der Waals surface area contributed by atoms with E-state index in [-0.39, 0.29) is 5.56 Å². The van der Waals surface area contributed by atoms with Gasteiger partial charge in [0.05, 0.1) is 12.2 Å². The van der Waals surface area contributed by atoms with Crippen molar-refractivity contribution < 1.29 is 27.9 Å². The lowest BCUT2D eigenvalue weighted by molar-refractivity contribution is -0.137. The van der Waals surface area contributed by atoms with Crippen LogP contribution < -0.4 is 5.32 Å². The van der Waals surface area contributed by atoms with Gasteiger partial charge in [-0.15, -0.1) is 0 Å². The molecule has 0 aliphatic heterocycles. The van der Waals surface area contributed by atoms with Crippen LogP contribution in [0.15, 0.2) is 78.9 Å². The zero-order valence-corrected chi connectivity index (χ0v) is 17.8. The predicted molar refractivity (Wildman–Crippen MR) is 118 cm³/mol. The van der Waals surface area contributed by atoms with Gasteiger partial charge in [-0.2, -0.15) is 13.2 Å². The molecule has 0 bridgehead atoms. The molecule has 0 spiro atoms. The number of nitrogens with zero attached hydrogens (tertiary/aromatic N) is 1. The fourth-order valence-electron chi connectivity index (χ4n) is 3.29. The number of amides is 2. The lowest BCUT2D eigenvalue weighted by Crippen LogP contribution is -2.49. The van der Waals surface area contributed by atoms with Crippen molar-refractivity contribution in [3.8, 4) is 11.1 Å². The standard InChI is InChI=1S/C25H23F3N2O3/c1-30(15-17-5-3-2-4-6-17)24(33)22(16-31)29-23(32)20-9-7-18(8-10-20)19-11-13-21(14-12-19)25(26,27)28/h2-14,22,31H,15-16H2,1H3,(H,29,32). The van der Waals surface area contributed by atoms with Crippen molar-refractivity contribution in [3.63, 3.8) is 0 Å². The maximum atomic E-state index is 12.7. The van der Waals surface area contributed by atoms with Crippen molar-refractivity contribution in [2.45, 2.75) is 18.8 Å². The quantitative estimate of drug-likeness (QED) is 0.562. The maximum absolute atomic E-state index is 12.7. The van der Waals surface area contributed by atoms with Gasteiger partial charge in [0.1, 0.15) is 6.04 Å². The third-order valence-corrected chi connectivity index (χ3v) is 5.12. The molecule has 0 aliphatic carbocycles. The lowest BCUT2D eigenvalue weighted by atomic mass is 10.0. The van der Waals surface area contributed by atoms with E-state index in [9.17, 15) is 27.9 Å². The van der Waals surface area contributed by atoms with E-state index >= 15 is 0 Å². The van der Waals surface area contributed by atoms with Crippen LogP contribution in [0.5, 0.6) is 0 Å². The molecule has 2 N–H and O–H groups in total. The Kier molecular flexibility index (Phi) is 7.50. The molecule has 8 heteroatoms. The van der Waals surface area contributed by atoms with E-state index < -0.39 is 36.2 Å². The summed E-state index contributed by atoms with van der Waals surface area (Å²) in [6.07, 6.45) is -4.41. The second kappa shape index (κ2) is 10.3. The molecule has 3 aromatic rings. The third kappa shape index (κ3) is 6.20. The first kappa shape index (κ1) is 24.0. The summed E-state index contributed by atoms with van der Waals surface area (Å²) in [6, 6.07) is 19.2. The van der Waals surface area contributed by atoms with Crippen LogP contribution in [-0.2, 0) is 17.5 Å². The Morgan fingerprint density at radius 1 is 0.909 bits per heavy atom. The van der Waals surface area contributed by atoms with Gasteiger partial charge >= 0.3 is 6.18 Å². The zero-order chi connectivity index (χ0) is 24.0. The Bertz CT molecular complexity index is 1080. The monoisotopic (exact) mass is 456 g/mol. The topological polar surface area (TPSA) is 69.6 Å². The van der Waals surface area contributed by atoms with Crippen molar-refractivity contribution in [2.75, 3.05) is 13.7 Å². The maximum Gasteiger partial charge on any atom is 0.416 e. The van der Waals surface area contributed by atoms with Crippen LogP contribution in [0.2, 0.25) is 0 Å². The van der Waals surface area contributed by atoms with Gasteiger partial charge in [0.15, 0.2) is 0 Å². The number of hydrogen-bond donors (Lipinski definition) is 2. The average molecular weight is 456 g/mol. The van der Waals surface area contributed by atoms with Gasteiger partial charge in [0.25, 0.3) is 5.91 Å². The highest BCUT2D eigenvalue weighted by molar-refractivity contribution is 5.98. The van der Waals surface area contributed by atoms with E-state index in [0.717, 1.165) is 17.7 Å². The van der Waals surface area contributed by atoms with Crippen molar-refractivity contribution in [1.82, 2.24) is 10.2 Å². The first-order valence-corrected chi connectivity index (χ1v) is 10.2. The van der Waals surface area contributed by atoms with E-state index in [4.69, 9.17) is 0 Å². The lowest BCUT2D eigenvalue weighted by Gasteiger charge is -2.23. The Labute approximate surface area is 189 Å². The molecule has 0 heterocycles. The summed E-state index contributed by atoms with van der Waals surface area (Å²) < 4.78 is 38.2. The predicted octanol–water partition coefficient (Wildman–Crippen LogP) is 4.12. The van der Waals surface area contributed by atoms with Crippen LogP contribution in [0.3, 0.4) is 0 Å². The number of carbonyl (C=O) groups is 2. The van der Waals surface area contributed by atoms with Gasteiger partial charge in [-0.25, -0.2) is 0 Å². The Balaban J connectivity index is 1.64. The normalized spacial score (nSPS) is 12.2. The fraction of sp³-hybridized carbons (Fsp3) is 0.200. The van der Waals surface area contributed by atoms with E-state index in [1.165, 1.54) is 29.2 Å². The Morgan fingerprint density at radius 2 is 1.45 bits per heavy atom. The molecule has 0 aromatic heterocycles. The van der Waals surface area contributed by atoms with Crippen molar-refractivity contribution in [2.24, 2.45) is 0 Å². The van der Waals surface area contributed by atoms with E-state index in [1.807, 2.05) is 30.3 Å². The number of likely N-dealkylation sites (N-methyl/N-ethyl adjacent to an activating group) is 1. The summed E-state index contributed by atoms with van der Waals surface area (Å²) >= 11 is 0. The minimum Gasteiger partial charge on any atom is -0.394 e. The highest BCUT2D eigenvalue weighted by Gasteiger charge is 2.30. The fourth-order valence-corrected chi connectivity index (χ4v) is 3.29. The molecule has 2 amide bonds. The molecule has 1 unspecified atom stereocenters. The largest absolute Gasteiger partial charge is 0.416 e. The van der Waals surface area contributed by atoms with Crippen molar-refractivity contribution in [3.05, 3.63) is 95.6 Å². The molecular formula is C25H23F3N2O3. The van der Waals surface area contributed by atoms with Crippen LogP contribution in [0.1, 0.15) is 21.5 Å². The number of hydrogen-bond acceptors (Lipinski definition) is 3. The Hall–Kier alpha value is -3.65. The van der Waals surface area contributed by atoms with Crippen LogP contribution >= 0.6 is 0 Å². The number of aliphatic hydroxyl groups is 1. The van der Waals surface area contributed by atoms with Gasteiger partial charge < -0.3 is 15.3 Å². The number of rotatable bonds is 7. The molecule has 0 aliphatic rings. The zero-order valence-electron chi connectivity index (χ0n) is 17.8. The number of alkyl halides is 3. The van der Waals surface area contributed by atoms with Gasteiger partial charge in [-0.05, 0) is 41.0 Å². The number of carbonyl (C=O) groups excluding carboxylic acids is 2. The molecule has 3 rings (SSSR count). The molecule has 5 nitrogen and oxygen atoms in total. The highest BCUT2D eigenvalue weighted by atomic mass is 19.4. The van der Waals surface area contributed by atoms with Crippen molar-refractivity contribution >= 4 is 11.8 Å². The molecular weight excluding hydrogens is 433 g/mol. The molecule has 0 radical (unpaired) electrons. The van der Waals surface area contributed by atoms with Gasteiger partial charge in [0, 0.05) is 19.2 Å². The molecule has 0 fully saturated rings.